The Kier molecular flexibility index (Phi) is 12.0. The Labute approximate surface area is 293 Å². The maximum atomic E-state index is 13.6. The fourth-order valence-corrected chi connectivity index (χ4v) is 6.75. The molecule has 11 nitrogen and oxygen atoms in total. The molecule has 4 aromatic rings. The molecule has 0 aliphatic heterocycles. The van der Waals surface area contributed by atoms with E-state index in [0.29, 0.717) is 54.3 Å². The van der Waals surface area contributed by atoms with Crippen molar-refractivity contribution in [1.29, 1.82) is 0 Å². The number of anilines is 1. The Balaban J connectivity index is 1.26. The fourth-order valence-electron chi connectivity index (χ4n) is 6.75. The number of rotatable bonds is 15. The maximum Gasteiger partial charge on any atom is 0.220 e. The number of hydrogen-bond acceptors (Lipinski definition) is 8. The normalized spacial score (nSPS) is 14.8. The van der Waals surface area contributed by atoms with Crippen LogP contribution in [0.3, 0.4) is 0 Å². The summed E-state index contributed by atoms with van der Waals surface area (Å²) >= 11 is 0. The van der Waals surface area contributed by atoms with E-state index in [9.17, 15) is 14.4 Å². The highest BCUT2D eigenvalue weighted by Crippen LogP contribution is 2.50. The van der Waals surface area contributed by atoms with Gasteiger partial charge in [0.25, 0.3) is 0 Å². The molecule has 0 radical (unpaired) electrons. The van der Waals surface area contributed by atoms with E-state index in [1.807, 2.05) is 36.4 Å². The standard InChI is InChI=1S/C39H49N5O6/c1-7-23(2)36(39-42-29-13-10-11-14-30(29)43-39)44-34(47)15-9-8-12-20-40-31-19-17-26-27(22-32(31)46)28(41-24(3)45)18-16-25-21-33(48-4)37(49-5)38(50-6)35(25)26/h10-11,13-14,17,19,21-23,28,36H,7-9,12,15-16,18,20H2,1-6H3,(H,40,46)(H,41,45)(H,42,43)(H,44,47). The highest BCUT2D eigenvalue weighted by atomic mass is 16.5. The Hall–Kier alpha value is -5.06. The maximum absolute atomic E-state index is 13.6. The third-order valence-electron chi connectivity index (χ3n) is 9.54. The van der Waals surface area contributed by atoms with Crippen molar-refractivity contribution in [3.05, 3.63) is 75.7 Å². The second-order valence-corrected chi connectivity index (χ2v) is 12.9. The molecule has 1 aliphatic rings. The van der Waals surface area contributed by atoms with Gasteiger partial charge in [-0.2, -0.15) is 0 Å². The van der Waals surface area contributed by atoms with Crippen molar-refractivity contribution in [3.63, 3.8) is 0 Å². The second kappa shape index (κ2) is 16.6. The fraction of sp³-hybridized carbons (Fsp3) is 0.436. The van der Waals surface area contributed by atoms with Crippen LogP contribution in [-0.2, 0) is 16.0 Å². The number of methoxy groups -OCH3 is 3. The van der Waals surface area contributed by atoms with Gasteiger partial charge >= 0.3 is 0 Å². The van der Waals surface area contributed by atoms with Crippen LogP contribution in [-0.4, -0.2) is 49.7 Å². The topological polar surface area (TPSA) is 144 Å². The number of fused-ring (bicyclic) bond motifs is 4. The first-order valence-corrected chi connectivity index (χ1v) is 17.4. The minimum Gasteiger partial charge on any atom is -0.493 e. The lowest BCUT2D eigenvalue weighted by molar-refractivity contribution is -0.122. The van der Waals surface area contributed by atoms with Crippen molar-refractivity contribution in [2.24, 2.45) is 5.92 Å². The number of para-hydroxylation sites is 2. The SMILES string of the molecule is CCC(C)C(NC(=O)CCCCCNc1ccc2c(cc1=O)C(NC(C)=O)CCc1cc(OC)c(OC)c(OC)c1-2)c1nc2ccccc2[nH]1. The molecule has 0 spiro atoms. The van der Waals surface area contributed by atoms with Crippen LogP contribution in [0, 0.1) is 5.92 Å². The molecule has 0 saturated heterocycles. The zero-order valence-corrected chi connectivity index (χ0v) is 29.9. The average Bonchev–Trinajstić information content (AvgIpc) is 3.41. The monoisotopic (exact) mass is 683 g/mol. The van der Waals surface area contributed by atoms with Gasteiger partial charge in [0.2, 0.25) is 23.0 Å². The largest absolute Gasteiger partial charge is 0.493 e. The predicted molar refractivity (Wildman–Crippen MR) is 196 cm³/mol. The van der Waals surface area contributed by atoms with Gasteiger partial charge in [0.05, 0.1) is 50.1 Å². The summed E-state index contributed by atoms with van der Waals surface area (Å²) in [5.41, 5.74) is 5.41. The lowest BCUT2D eigenvalue weighted by atomic mass is 9.95. The smallest absolute Gasteiger partial charge is 0.220 e. The van der Waals surface area contributed by atoms with Crippen molar-refractivity contribution >= 4 is 28.5 Å². The summed E-state index contributed by atoms with van der Waals surface area (Å²) < 4.78 is 17.2. The number of carbonyl (C=O) groups excluding carboxylic acids is 2. The highest BCUT2D eigenvalue weighted by molar-refractivity contribution is 5.84. The van der Waals surface area contributed by atoms with Crippen LogP contribution in [0.5, 0.6) is 17.2 Å². The first-order chi connectivity index (χ1) is 24.2. The molecular formula is C39H49N5O6. The summed E-state index contributed by atoms with van der Waals surface area (Å²) in [6, 6.07) is 14.6. The van der Waals surface area contributed by atoms with Crippen LogP contribution in [0.2, 0.25) is 0 Å². The van der Waals surface area contributed by atoms with Gasteiger partial charge in [-0.3, -0.25) is 14.4 Å². The van der Waals surface area contributed by atoms with Crippen LogP contribution >= 0.6 is 0 Å². The highest BCUT2D eigenvalue weighted by Gasteiger charge is 2.29. The van der Waals surface area contributed by atoms with Crippen LogP contribution < -0.4 is 35.6 Å². The molecule has 0 saturated carbocycles. The van der Waals surface area contributed by atoms with Gasteiger partial charge in [-0.15, -0.1) is 0 Å². The summed E-state index contributed by atoms with van der Waals surface area (Å²) in [5, 5.41) is 9.56. The minimum atomic E-state index is -0.373. The number of ether oxygens (including phenoxy) is 3. The van der Waals surface area contributed by atoms with Crippen molar-refractivity contribution in [2.45, 2.75) is 77.8 Å². The second-order valence-electron chi connectivity index (χ2n) is 12.9. The van der Waals surface area contributed by atoms with Gasteiger partial charge in [0, 0.05) is 25.5 Å². The number of unbranched alkanes of at least 4 members (excludes halogenated alkanes) is 2. The summed E-state index contributed by atoms with van der Waals surface area (Å²) in [4.78, 5) is 46.9. The van der Waals surface area contributed by atoms with Crippen molar-refractivity contribution in [2.75, 3.05) is 33.2 Å². The average molecular weight is 684 g/mol. The van der Waals surface area contributed by atoms with Crippen molar-refractivity contribution in [1.82, 2.24) is 20.6 Å². The summed E-state index contributed by atoms with van der Waals surface area (Å²) in [7, 11) is 4.72. The molecule has 266 valence electrons. The number of hydrogen-bond donors (Lipinski definition) is 4. The third-order valence-corrected chi connectivity index (χ3v) is 9.54. The first-order valence-electron chi connectivity index (χ1n) is 17.4. The number of H-pyrrole nitrogens is 1. The van der Waals surface area contributed by atoms with E-state index in [4.69, 9.17) is 19.2 Å². The molecule has 3 unspecified atom stereocenters. The molecule has 50 heavy (non-hydrogen) atoms. The van der Waals surface area contributed by atoms with E-state index in [-0.39, 0.29) is 35.2 Å². The molecule has 1 aliphatic carbocycles. The lowest BCUT2D eigenvalue weighted by Gasteiger charge is -2.22. The summed E-state index contributed by atoms with van der Waals surface area (Å²) in [6.07, 6.45) is 4.87. The van der Waals surface area contributed by atoms with Crippen LogP contribution in [0.25, 0.3) is 22.2 Å². The minimum absolute atomic E-state index is 0.000766. The number of carbonyl (C=O) groups is 2. The van der Waals surface area contributed by atoms with E-state index in [0.717, 1.165) is 59.2 Å². The molecule has 3 aromatic carbocycles. The molecule has 0 fully saturated rings. The molecule has 11 heteroatoms. The quantitative estimate of drug-likeness (QED) is 0.103. The van der Waals surface area contributed by atoms with Crippen molar-refractivity contribution < 1.29 is 23.8 Å². The molecule has 3 atom stereocenters. The van der Waals surface area contributed by atoms with E-state index in [1.54, 1.807) is 33.5 Å². The summed E-state index contributed by atoms with van der Waals surface area (Å²) in [5.74, 6) is 2.35. The first kappa shape index (κ1) is 36.2. The van der Waals surface area contributed by atoms with Crippen molar-refractivity contribution in [3.8, 4) is 28.4 Å². The zero-order valence-electron chi connectivity index (χ0n) is 29.9. The van der Waals surface area contributed by atoms with Gasteiger partial charge in [-0.05, 0) is 78.6 Å². The number of imidazole rings is 1. The lowest BCUT2D eigenvalue weighted by Crippen LogP contribution is -2.33. The number of nitrogens with one attached hydrogen (secondary N) is 4. The Morgan fingerprint density at radius 3 is 2.48 bits per heavy atom. The van der Waals surface area contributed by atoms with Gasteiger partial charge in [-0.1, -0.05) is 44.9 Å². The molecule has 1 heterocycles. The van der Waals surface area contributed by atoms with Gasteiger partial charge < -0.3 is 35.1 Å². The van der Waals surface area contributed by atoms with Gasteiger partial charge in [0.1, 0.15) is 5.82 Å². The van der Waals surface area contributed by atoms with Crippen LogP contribution in [0.4, 0.5) is 5.69 Å². The molecule has 4 N–H and O–H groups in total. The van der Waals surface area contributed by atoms with E-state index in [2.05, 4.69) is 34.8 Å². The summed E-state index contributed by atoms with van der Waals surface area (Å²) in [6.45, 7) is 6.29. The molecule has 0 bridgehead atoms. The number of aromatic nitrogens is 2. The van der Waals surface area contributed by atoms with Crippen LogP contribution in [0.15, 0.2) is 53.3 Å². The van der Waals surface area contributed by atoms with Gasteiger partial charge in [0.15, 0.2) is 11.5 Å². The number of nitrogens with zero attached hydrogens (tertiary/aromatic N) is 1. The number of aryl methyl sites for hydroxylation is 1. The molecule has 5 rings (SSSR count). The molecule has 1 aromatic heterocycles. The Bertz CT molecular complexity index is 1860. The van der Waals surface area contributed by atoms with Gasteiger partial charge in [-0.25, -0.2) is 4.98 Å². The molecular weight excluding hydrogens is 634 g/mol. The number of benzene rings is 2. The number of aromatic amines is 1. The number of amides is 2. The van der Waals surface area contributed by atoms with E-state index in [1.165, 1.54) is 6.92 Å². The molecule has 2 amide bonds. The van der Waals surface area contributed by atoms with E-state index < -0.39 is 0 Å². The predicted octanol–water partition coefficient (Wildman–Crippen LogP) is 6.62. The Morgan fingerprint density at radius 1 is 1.00 bits per heavy atom. The van der Waals surface area contributed by atoms with Crippen LogP contribution in [0.1, 0.15) is 88.3 Å². The Morgan fingerprint density at radius 2 is 1.78 bits per heavy atom. The third kappa shape index (κ3) is 8.04. The zero-order chi connectivity index (χ0) is 35.8. The van der Waals surface area contributed by atoms with E-state index >= 15 is 0 Å².